The molecule has 1 aliphatic rings. The first-order chi connectivity index (χ1) is 40.0. The highest BCUT2D eigenvalue weighted by molar-refractivity contribution is 6.00. The molecule has 85 heavy (non-hydrogen) atoms. The molecule has 2 heterocycles. The van der Waals surface area contributed by atoms with Gasteiger partial charge in [-0.15, -0.1) is 0 Å². The minimum Gasteiger partial charge on any atom is -0.481 e. The third kappa shape index (κ3) is 22.3. The van der Waals surface area contributed by atoms with E-state index < -0.39 is 169 Å². The van der Waals surface area contributed by atoms with Crippen LogP contribution in [0.1, 0.15) is 118 Å². The maximum atomic E-state index is 14.6. The summed E-state index contributed by atoms with van der Waals surface area (Å²) in [7, 11) is 0. The number of hydrogen-bond donors (Lipinski definition) is 16. The van der Waals surface area contributed by atoms with Gasteiger partial charge in [0.25, 0.3) is 0 Å². The summed E-state index contributed by atoms with van der Waals surface area (Å²) >= 11 is 0. The SMILES string of the molecule is CC[C@H](C)[C@H](NC(=O)[C@H](CCCN=C(N)N)NC(=O)[C@H](CCC(=O)O)NC(=O)[C@H](CC(C)C)NC(=O)[C@H](CC(N)=O)NC(=O)[C@H](Cc1c[nH]c2ccccc12)NC(=O)[C@@H]1CCCN1C(=O)[C@@H](NC(=O)[C@@H](N)CO)[C@@H](C)CC)C(=O)N[C@@H](C)C(=O)O. The maximum Gasteiger partial charge on any atom is 0.325 e. The lowest BCUT2D eigenvalue weighted by atomic mass is 9.97. The van der Waals surface area contributed by atoms with Crippen molar-refractivity contribution in [1.29, 1.82) is 0 Å². The molecule has 1 fully saturated rings. The largest absolute Gasteiger partial charge is 0.481 e. The fraction of sp³-hybridized carbons (Fsp3) is 0.618. The fourth-order valence-corrected chi connectivity index (χ4v) is 9.34. The number of aromatic nitrogens is 1. The predicted octanol–water partition coefficient (Wildman–Crippen LogP) is -3.06. The van der Waals surface area contributed by atoms with Crippen molar-refractivity contribution in [3.05, 3.63) is 36.0 Å². The lowest BCUT2D eigenvalue weighted by molar-refractivity contribution is -0.143. The number of amides is 10. The van der Waals surface area contributed by atoms with Crippen LogP contribution in [0.5, 0.6) is 0 Å². The second kappa shape index (κ2) is 34.4. The average Bonchev–Trinajstić information content (AvgIpc) is 3.87. The third-order valence-electron chi connectivity index (χ3n) is 14.6. The molecule has 1 saturated heterocycles. The Morgan fingerprint density at radius 3 is 1.82 bits per heavy atom. The number of aromatic amines is 1. The van der Waals surface area contributed by atoms with Gasteiger partial charge in [0.15, 0.2) is 5.96 Å². The summed E-state index contributed by atoms with van der Waals surface area (Å²) in [4.78, 5) is 171. The number of hydrogen-bond acceptors (Lipinski definition) is 15. The van der Waals surface area contributed by atoms with Gasteiger partial charge in [-0.1, -0.05) is 72.6 Å². The summed E-state index contributed by atoms with van der Waals surface area (Å²) in [5.41, 5.74) is 23.5. The molecule has 20 N–H and O–H groups in total. The molecule has 1 aromatic carbocycles. The number of nitrogens with zero attached hydrogens (tertiary/aromatic N) is 2. The Labute approximate surface area is 492 Å². The van der Waals surface area contributed by atoms with Crippen LogP contribution in [0.4, 0.5) is 0 Å². The Bertz CT molecular complexity index is 2720. The normalized spacial score (nSPS) is 16.9. The van der Waals surface area contributed by atoms with Crippen molar-refractivity contribution in [2.45, 2.75) is 180 Å². The summed E-state index contributed by atoms with van der Waals surface area (Å²) in [5, 5.41) is 49.5. The Morgan fingerprint density at radius 2 is 1.24 bits per heavy atom. The number of likely N-dealkylation sites (tertiary alicyclic amines) is 1. The molecule has 0 spiro atoms. The van der Waals surface area contributed by atoms with E-state index in [1.54, 1.807) is 72.0 Å². The number of carboxylic acids is 2. The number of para-hydroxylation sites is 1. The van der Waals surface area contributed by atoms with Gasteiger partial charge in [-0.2, -0.15) is 0 Å². The molecule has 10 amide bonds. The first kappa shape index (κ1) is 70.9. The Hall–Kier alpha value is -8.41. The first-order valence-corrected chi connectivity index (χ1v) is 28.5. The van der Waals surface area contributed by atoms with E-state index >= 15 is 0 Å². The van der Waals surface area contributed by atoms with Crippen molar-refractivity contribution in [2.24, 2.45) is 45.7 Å². The second-order valence-corrected chi connectivity index (χ2v) is 21.8. The van der Waals surface area contributed by atoms with Crippen LogP contribution in [0, 0.1) is 17.8 Å². The van der Waals surface area contributed by atoms with Gasteiger partial charge in [0.2, 0.25) is 59.1 Å². The molecule has 0 aliphatic carbocycles. The van der Waals surface area contributed by atoms with Crippen LogP contribution in [0.15, 0.2) is 35.5 Å². The van der Waals surface area contributed by atoms with E-state index in [0.717, 1.165) is 0 Å². The zero-order chi connectivity index (χ0) is 63.8. The van der Waals surface area contributed by atoms with Gasteiger partial charge in [0, 0.05) is 43.0 Å². The predicted molar refractivity (Wildman–Crippen MR) is 310 cm³/mol. The Kier molecular flexibility index (Phi) is 28.7. The minimum atomic E-state index is -1.80. The number of nitrogens with two attached hydrogens (primary N) is 4. The topological polar surface area (TPSA) is 497 Å². The summed E-state index contributed by atoms with van der Waals surface area (Å²) in [6, 6.07) is -7.15. The molecular weight excluding hydrogens is 1110 g/mol. The van der Waals surface area contributed by atoms with Crippen molar-refractivity contribution < 1.29 is 72.9 Å². The molecule has 0 radical (unpaired) electrons. The number of primary amides is 1. The number of guanidine groups is 1. The quantitative estimate of drug-likeness (QED) is 0.0183. The van der Waals surface area contributed by atoms with Crippen LogP contribution >= 0.6 is 0 Å². The first-order valence-electron chi connectivity index (χ1n) is 28.5. The lowest BCUT2D eigenvalue weighted by Gasteiger charge is -2.32. The van der Waals surface area contributed by atoms with Crippen LogP contribution < -0.4 is 65.5 Å². The van der Waals surface area contributed by atoms with Gasteiger partial charge in [0.05, 0.1) is 13.0 Å². The molecule has 1 aromatic heterocycles. The molecule has 2 aromatic rings. The third-order valence-corrected chi connectivity index (χ3v) is 14.6. The minimum absolute atomic E-state index is 0.0205. The number of H-pyrrole nitrogens is 1. The van der Waals surface area contributed by atoms with Crippen molar-refractivity contribution in [1.82, 2.24) is 52.4 Å². The standard InChI is InChI=1S/C55H87N15O15/c1-8-28(5)43(52(82)62-30(7)54(84)85)68-47(77)35(16-12-20-60-55(58)59)63-46(76)36(18-19-42(73)74)64-48(78)37(22-27(3)4)65-50(80)39(24-41(57)72)66-49(79)38(23-31-25-61-34-15-11-10-14-32(31)34)67-51(81)40-17-13-21-70(40)53(83)44(29(6)9-2)69-45(75)33(56)26-71/h10-11,14-15,25,27-30,33,35-40,43-44,61,71H,8-9,12-13,16-24,26,56H2,1-7H3,(H2,57,72)(H,62,82)(H,63,76)(H,64,78)(H,65,80)(H,66,79)(H,67,81)(H,68,77)(H,69,75)(H,73,74)(H,84,85)(H4,58,59,60)/t28-,29-,30-,33-,35-,36-,37-,38-,39-,40-,43-,44-/m0/s1. The smallest absolute Gasteiger partial charge is 0.325 e. The highest BCUT2D eigenvalue weighted by Crippen LogP contribution is 2.24. The monoisotopic (exact) mass is 1200 g/mol. The number of carboxylic acid groups (broad SMARTS) is 2. The summed E-state index contributed by atoms with van der Waals surface area (Å²) in [5.74, 6) is -13.5. The Morgan fingerprint density at radius 1 is 0.682 bits per heavy atom. The summed E-state index contributed by atoms with van der Waals surface area (Å²) < 4.78 is 0. The zero-order valence-electron chi connectivity index (χ0n) is 49.2. The molecule has 0 saturated carbocycles. The molecule has 3 rings (SSSR count). The van der Waals surface area contributed by atoms with E-state index in [9.17, 15) is 72.9 Å². The van der Waals surface area contributed by atoms with Crippen molar-refractivity contribution in [3.63, 3.8) is 0 Å². The maximum absolute atomic E-state index is 14.6. The van der Waals surface area contributed by atoms with E-state index in [1.165, 1.54) is 11.8 Å². The number of nitrogens with one attached hydrogen (secondary N) is 9. The van der Waals surface area contributed by atoms with E-state index in [-0.39, 0.29) is 57.1 Å². The van der Waals surface area contributed by atoms with Gasteiger partial charge in [-0.3, -0.25) is 62.5 Å². The number of carbonyl (C=O) groups is 12. The van der Waals surface area contributed by atoms with Crippen molar-refractivity contribution in [3.8, 4) is 0 Å². The van der Waals surface area contributed by atoms with Crippen molar-refractivity contribution in [2.75, 3.05) is 19.7 Å². The van der Waals surface area contributed by atoms with Gasteiger partial charge in [-0.05, 0) is 74.8 Å². The number of rotatable bonds is 36. The van der Waals surface area contributed by atoms with E-state index in [1.807, 2.05) is 0 Å². The number of aliphatic imine (C=N–C) groups is 1. The molecule has 0 unspecified atom stereocenters. The molecule has 30 heteroatoms. The average molecular weight is 1200 g/mol. The molecule has 12 atom stereocenters. The van der Waals surface area contributed by atoms with Gasteiger partial charge in [0.1, 0.15) is 60.4 Å². The molecule has 0 bridgehead atoms. The van der Waals surface area contributed by atoms with Crippen LogP contribution in [-0.4, -0.2) is 182 Å². The number of benzene rings is 1. The van der Waals surface area contributed by atoms with Crippen LogP contribution in [0.2, 0.25) is 0 Å². The van der Waals surface area contributed by atoms with Crippen LogP contribution in [0.25, 0.3) is 10.9 Å². The number of aliphatic carboxylic acids is 2. The van der Waals surface area contributed by atoms with Crippen LogP contribution in [0.3, 0.4) is 0 Å². The zero-order valence-corrected chi connectivity index (χ0v) is 49.2. The van der Waals surface area contributed by atoms with E-state index in [2.05, 4.69) is 52.5 Å². The highest BCUT2D eigenvalue weighted by Gasteiger charge is 2.42. The summed E-state index contributed by atoms with van der Waals surface area (Å²) in [6.07, 6.45) is 0.439. The van der Waals surface area contributed by atoms with E-state index in [0.29, 0.717) is 35.7 Å². The van der Waals surface area contributed by atoms with Gasteiger partial charge >= 0.3 is 11.9 Å². The fourth-order valence-electron chi connectivity index (χ4n) is 9.34. The number of carbonyl (C=O) groups excluding carboxylic acids is 10. The summed E-state index contributed by atoms with van der Waals surface area (Å²) in [6.45, 7) is 10.9. The highest BCUT2D eigenvalue weighted by atomic mass is 16.4. The van der Waals surface area contributed by atoms with Crippen LogP contribution in [-0.2, 0) is 64.0 Å². The molecular formula is C55H87N15O15. The van der Waals surface area contributed by atoms with Gasteiger partial charge < -0.3 is 90.7 Å². The second-order valence-electron chi connectivity index (χ2n) is 21.8. The molecule has 30 nitrogen and oxygen atoms in total. The molecule has 472 valence electrons. The lowest BCUT2D eigenvalue weighted by Crippen LogP contribution is -2.61. The van der Waals surface area contributed by atoms with Gasteiger partial charge in [-0.25, -0.2) is 0 Å². The van der Waals surface area contributed by atoms with E-state index in [4.69, 9.17) is 22.9 Å². The number of fused-ring (bicyclic) bond motifs is 1. The molecule has 1 aliphatic heterocycles. The Balaban J connectivity index is 1.99. The van der Waals surface area contributed by atoms with Crippen molar-refractivity contribution >= 4 is 87.9 Å². The number of aliphatic hydroxyl groups is 1. The number of aliphatic hydroxyl groups excluding tert-OH is 1.